The highest BCUT2D eigenvalue weighted by atomic mass is 32.1. The predicted octanol–water partition coefficient (Wildman–Crippen LogP) is 2.80. The van der Waals surface area contributed by atoms with Gasteiger partial charge in [0.15, 0.2) is 5.96 Å². The van der Waals surface area contributed by atoms with Gasteiger partial charge in [-0.05, 0) is 45.6 Å². The number of rotatable bonds is 10. The Labute approximate surface area is 175 Å². The van der Waals surface area contributed by atoms with Crippen molar-refractivity contribution in [1.29, 1.82) is 0 Å². The van der Waals surface area contributed by atoms with Crippen LogP contribution in [0.4, 0.5) is 0 Å². The van der Waals surface area contributed by atoms with Crippen molar-refractivity contribution in [2.24, 2.45) is 4.99 Å². The lowest BCUT2D eigenvalue weighted by atomic mass is 10.2. The lowest BCUT2D eigenvalue weighted by Gasteiger charge is -2.34. The van der Waals surface area contributed by atoms with Crippen LogP contribution in [-0.2, 0) is 4.74 Å². The van der Waals surface area contributed by atoms with Gasteiger partial charge in [0.2, 0.25) is 0 Å². The lowest BCUT2D eigenvalue weighted by molar-refractivity contribution is 0.0177. The number of thiophene rings is 1. The topological polar surface area (TPSA) is 52.1 Å². The first-order valence-electron chi connectivity index (χ1n) is 10.6. The molecule has 2 rings (SSSR count). The monoisotopic (exact) mass is 409 g/mol. The van der Waals surface area contributed by atoms with Gasteiger partial charge >= 0.3 is 0 Å². The first-order chi connectivity index (χ1) is 13.5. The number of guanidine groups is 1. The van der Waals surface area contributed by atoms with Crippen LogP contribution in [0, 0.1) is 0 Å². The number of hydrogen-bond acceptors (Lipinski definition) is 5. The summed E-state index contributed by atoms with van der Waals surface area (Å²) in [7, 11) is 1.85. The average molecular weight is 410 g/mol. The molecule has 6 nitrogen and oxygen atoms in total. The third kappa shape index (κ3) is 7.35. The second-order valence-electron chi connectivity index (χ2n) is 7.84. The molecule has 1 atom stereocenters. The summed E-state index contributed by atoms with van der Waals surface area (Å²) < 4.78 is 5.53. The molecule has 0 saturated carbocycles. The highest BCUT2D eigenvalue weighted by Gasteiger charge is 2.23. The van der Waals surface area contributed by atoms with E-state index in [0.717, 1.165) is 58.3 Å². The molecule has 2 N–H and O–H groups in total. The van der Waals surface area contributed by atoms with E-state index in [0.29, 0.717) is 18.1 Å². The van der Waals surface area contributed by atoms with Gasteiger partial charge in [0.25, 0.3) is 0 Å². The van der Waals surface area contributed by atoms with E-state index in [1.807, 2.05) is 18.4 Å². The Morgan fingerprint density at radius 3 is 2.50 bits per heavy atom. The van der Waals surface area contributed by atoms with Crippen LogP contribution in [0.25, 0.3) is 0 Å². The van der Waals surface area contributed by atoms with Gasteiger partial charge in [-0.15, -0.1) is 11.3 Å². The van der Waals surface area contributed by atoms with Crippen LogP contribution in [0.5, 0.6) is 0 Å². The van der Waals surface area contributed by atoms with Crippen LogP contribution < -0.4 is 10.6 Å². The Morgan fingerprint density at radius 2 is 1.93 bits per heavy atom. The van der Waals surface area contributed by atoms with Gasteiger partial charge in [-0.25, -0.2) is 0 Å². The van der Waals surface area contributed by atoms with Crippen LogP contribution in [0.2, 0.25) is 0 Å². The van der Waals surface area contributed by atoms with Crippen LogP contribution in [-0.4, -0.2) is 80.8 Å². The molecule has 1 unspecified atom stereocenters. The molecule has 28 heavy (non-hydrogen) atoms. The summed E-state index contributed by atoms with van der Waals surface area (Å²) in [6.07, 6.45) is 1.11. The minimum Gasteiger partial charge on any atom is -0.379 e. The number of ether oxygens (including phenoxy) is 1. The normalized spacial score (nSPS) is 17.5. The third-order valence-corrected chi connectivity index (χ3v) is 6.23. The number of hydrogen-bond donors (Lipinski definition) is 2. The van der Waals surface area contributed by atoms with E-state index in [-0.39, 0.29) is 0 Å². The molecule has 2 heterocycles. The SMILES string of the molecule is CN=C(NCCCN(C(C)C)C(C)C)NCC(c1cccs1)N1CCOCC1. The van der Waals surface area contributed by atoms with Gasteiger partial charge in [0, 0.05) is 56.7 Å². The molecule has 7 heteroatoms. The maximum Gasteiger partial charge on any atom is 0.191 e. The summed E-state index contributed by atoms with van der Waals surface area (Å²) in [5.41, 5.74) is 0. The van der Waals surface area contributed by atoms with Crippen LogP contribution >= 0.6 is 11.3 Å². The van der Waals surface area contributed by atoms with Crippen molar-refractivity contribution in [3.8, 4) is 0 Å². The molecule has 1 aliphatic rings. The summed E-state index contributed by atoms with van der Waals surface area (Å²) in [5.74, 6) is 0.885. The molecular weight excluding hydrogens is 370 g/mol. The maximum atomic E-state index is 5.53. The summed E-state index contributed by atoms with van der Waals surface area (Å²) in [6.45, 7) is 15.6. The van der Waals surface area contributed by atoms with Crippen molar-refractivity contribution in [3.05, 3.63) is 22.4 Å². The molecule has 0 aliphatic carbocycles. The Hall–Kier alpha value is -1.15. The largest absolute Gasteiger partial charge is 0.379 e. The van der Waals surface area contributed by atoms with Crippen molar-refractivity contribution in [3.63, 3.8) is 0 Å². The Balaban J connectivity index is 1.80. The smallest absolute Gasteiger partial charge is 0.191 e. The molecule has 0 spiro atoms. The molecule has 0 aromatic carbocycles. The quantitative estimate of drug-likeness (QED) is 0.354. The van der Waals surface area contributed by atoms with Crippen LogP contribution in [0.3, 0.4) is 0 Å². The zero-order valence-electron chi connectivity index (χ0n) is 18.3. The standard InChI is InChI=1S/C21H39N5OS/c1-17(2)26(18(3)4)10-7-9-23-21(22-5)24-16-19(20-8-6-15-28-20)25-11-13-27-14-12-25/h6,8,15,17-19H,7,9-14,16H2,1-5H3,(H2,22,23,24). The highest BCUT2D eigenvalue weighted by Crippen LogP contribution is 2.25. The molecular formula is C21H39N5OS. The zero-order valence-corrected chi connectivity index (χ0v) is 19.1. The van der Waals surface area contributed by atoms with Gasteiger partial charge in [0.05, 0.1) is 19.3 Å². The van der Waals surface area contributed by atoms with E-state index in [9.17, 15) is 0 Å². The van der Waals surface area contributed by atoms with E-state index in [4.69, 9.17) is 4.74 Å². The molecule has 0 radical (unpaired) electrons. The van der Waals surface area contributed by atoms with Crippen LogP contribution in [0.15, 0.2) is 22.5 Å². The Kier molecular flexibility index (Phi) is 10.3. The molecule has 1 saturated heterocycles. The predicted molar refractivity (Wildman–Crippen MR) is 120 cm³/mol. The summed E-state index contributed by atoms with van der Waals surface area (Å²) in [5, 5.41) is 9.17. The number of nitrogens with zero attached hydrogens (tertiary/aromatic N) is 3. The number of morpholine rings is 1. The third-order valence-electron chi connectivity index (χ3n) is 5.26. The van der Waals surface area contributed by atoms with Crippen molar-refractivity contribution in [1.82, 2.24) is 20.4 Å². The Bertz CT molecular complexity index is 547. The molecule has 1 fully saturated rings. The lowest BCUT2D eigenvalue weighted by Crippen LogP contribution is -2.46. The Morgan fingerprint density at radius 1 is 1.21 bits per heavy atom. The minimum atomic E-state index is 0.361. The molecule has 1 aromatic heterocycles. The van der Waals surface area contributed by atoms with Crippen molar-refractivity contribution in [2.75, 3.05) is 53.0 Å². The number of aliphatic imine (C=N–C) groups is 1. The first kappa shape index (κ1) is 23.1. The van der Waals surface area contributed by atoms with Crippen molar-refractivity contribution < 1.29 is 4.74 Å². The molecule has 1 aromatic rings. The van der Waals surface area contributed by atoms with Gasteiger partial charge in [0.1, 0.15) is 0 Å². The van der Waals surface area contributed by atoms with Gasteiger partial charge < -0.3 is 15.4 Å². The zero-order chi connectivity index (χ0) is 20.4. The van der Waals surface area contributed by atoms with E-state index in [1.165, 1.54) is 4.88 Å². The maximum absolute atomic E-state index is 5.53. The van der Waals surface area contributed by atoms with Crippen LogP contribution in [0.1, 0.15) is 45.0 Å². The summed E-state index contributed by atoms with van der Waals surface area (Å²) in [6, 6.07) is 5.89. The summed E-state index contributed by atoms with van der Waals surface area (Å²) >= 11 is 1.83. The average Bonchev–Trinajstić information content (AvgIpc) is 3.21. The molecule has 0 amide bonds. The highest BCUT2D eigenvalue weighted by molar-refractivity contribution is 7.10. The van der Waals surface area contributed by atoms with E-state index < -0.39 is 0 Å². The fraction of sp³-hybridized carbons (Fsp3) is 0.762. The molecule has 1 aliphatic heterocycles. The van der Waals surface area contributed by atoms with E-state index in [2.05, 4.69) is 70.6 Å². The van der Waals surface area contributed by atoms with Crippen molar-refractivity contribution in [2.45, 2.75) is 52.2 Å². The first-order valence-corrected chi connectivity index (χ1v) is 11.5. The van der Waals surface area contributed by atoms with E-state index in [1.54, 1.807) is 0 Å². The second kappa shape index (κ2) is 12.4. The fourth-order valence-electron chi connectivity index (χ4n) is 3.77. The molecule has 160 valence electrons. The number of nitrogens with one attached hydrogen (secondary N) is 2. The van der Waals surface area contributed by atoms with Crippen molar-refractivity contribution >= 4 is 17.3 Å². The second-order valence-corrected chi connectivity index (χ2v) is 8.82. The van der Waals surface area contributed by atoms with Gasteiger partial charge in [-0.3, -0.25) is 14.8 Å². The molecule has 0 bridgehead atoms. The van der Waals surface area contributed by atoms with Gasteiger partial charge in [-0.2, -0.15) is 0 Å². The fourth-order valence-corrected chi connectivity index (χ4v) is 4.64. The minimum absolute atomic E-state index is 0.361. The summed E-state index contributed by atoms with van der Waals surface area (Å²) in [4.78, 5) is 10.9. The van der Waals surface area contributed by atoms with Gasteiger partial charge in [-0.1, -0.05) is 6.07 Å². The van der Waals surface area contributed by atoms with E-state index >= 15 is 0 Å².